The number of hydrogen-bond donors (Lipinski definition) is 1. The molecule has 0 saturated carbocycles. The summed E-state index contributed by atoms with van der Waals surface area (Å²) in [5.74, 6) is 0. The van der Waals surface area contributed by atoms with E-state index in [-0.39, 0.29) is 12.1 Å². The smallest absolute Gasteiger partial charge is 0.211 e. The van der Waals surface area contributed by atoms with Gasteiger partial charge in [0.25, 0.3) is 0 Å². The van der Waals surface area contributed by atoms with E-state index in [4.69, 9.17) is 4.74 Å². The average molecular weight is 248 g/mol. The largest absolute Gasteiger partial charge is 0.381 e. The van der Waals surface area contributed by atoms with Crippen LogP contribution in [0.2, 0.25) is 0 Å². The van der Waals surface area contributed by atoms with Crippen LogP contribution < -0.4 is 5.32 Å². The van der Waals surface area contributed by atoms with E-state index >= 15 is 0 Å². The highest BCUT2D eigenvalue weighted by Gasteiger charge is 2.35. The molecule has 0 amide bonds. The lowest BCUT2D eigenvalue weighted by atomic mass is 10.1. The van der Waals surface area contributed by atoms with Gasteiger partial charge in [-0.05, 0) is 25.8 Å². The molecule has 6 heteroatoms. The van der Waals surface area contributed by atoms with Crippen LogP contribution >= 0.6 is 0 Å². The zero-order valence-electron chi connectivity index (χ0n) is 9.68. The van der Waals surface area contributed by atoms with Gasteiger partial charge in [-0.2, -0.15) is 4.31 Å². The third-order valence-electron chi connectivity index (χ3n) is 3.33. The molecule has 94 valence electrons. The number of nitrogens with one attached hydrogen (secondary N) is 1. The minimum atomic E-state index is -3.11. The van der Waals surface area contributed by atoms with Crippen molar-refractivity contribution < 1.29 is 13.2 Å². The summed E-state index contributed by atoms with van der Waals surface area (Å²) < 4.78 is 30.8. The summed E-state index contributed by atoms with van der Waals surface area (Å²) in [5, 5.41) is 3.23. The predicted molar refractivity (Wildman–Crippen MR) is 61.8 cm³/mol. The van der Waals surface area contributed by atoms with E-state index in [9.17, 15) is 8.42 Å². The van der Waals surface area contributed by atoms with Crippen LogP contribution in [0.1, 0.15) is 19.3 Å². The van der Waals surface area contributed by atoms with Gasteiger partial charge in [-0.3, -0.25) is 0 Å². The maximum atomic E-state index is 11.9. The fourth-order valence-electron chi connectivity index (χ4n) is 2.64. The van der Waals surface area contributed by atoms with Crippen molar-refractivity contribution in [1.29, 1.82) is 0 Å². The quantitative estimate of drug-likeness (QED) is 0.751. The summed E-state index contributed by atoms with van der Waals surface area (Å²) in [7, 11) is -3.11. The number of sulfonamides is 1. The predicted octanol–water partition coefficient (Wildman–Crippen LogP) is -0.211. The SMILES string of the molecule is CS(=O)(=O)N(C1CCOCC1)C1CCNC1. The molecule has 0 aromatic heterocycles. The lowest BCUT2D eigenvalue weighted by molar-refractivity contribution is 0.0513. The van der Waals surface area contributed by atoms with E-state index < -0.39 is 10.0 Å². The Morgan fingerprint density at radius 3 is 2.38 bits per heavy atom. The summed E-state index contributed by atoms with van der Waals surface area (Å²) in [6.07, 6.45) is 3.89. The Morgan fingerprint density at radius 2 is 1.88 bits per heavy atom. The van der Waals surface area contributed by atoms with Gasteiger partial charge in [0.15, 0.2) is 0 Å². The van der Waals surface area contributed by atoms with Gasteiger partial charge in [0, 0.05) is 31.8 Å². The molecule has 2 rings (SSSR count). The van der Waals surface area contributed by atoms with E-state index in [0.717, 1.165) is 32.4 Å². The van der Waals surface area contributed by atoms with E-state index in [0.29, 0.717) is 13.2 Å². The molecule has 0 aromatic carbocycles. The Bertz CT molecular complexity index is 319. The molecule has 1 unspecified atom stereocenters. The molecule has 0 bridgehead atoms. The lowest BCUT2D eigenvalue weighted by Crippen LogP contribution is -2.49. The molecule has 0 aromatic rings. The second-order valence-corrected chi connectivity index (χ2v) is 6.47. The number of nitrogens with zero attached hydrogens (tertiary/aromatic N) is 1. The van der Waals surface area contributed by atoms with Crippen molar-refractivity contribution in [2.24, 2.45) is 0 Å². The van der Waals surface area contributed by atoms with Gasteiger partial charge in [0.2, 0.25) is 10.0 Å². The minimum absolute atomic E-state index is 0.133. The number of ether oxygens (including phenoxy) is 1. The second-order valence-electron chi connectivity index (χ2n) is 4.58. The third-order valence-corrected chi connectivity index (χ3v) is 4.69. The van der Waals surface area contributed by atoms with E-state index in [1.54, 1.807) is 4.31 Å². The van der Waals surface area contributed by atoms with Crippen LogP contribution in [-0.4, -0.2) is 57.4 Å². The standard InChI is InChI=1S/C10H20N2O3S/c1-16(13,14)12(10-2-5-11-8-10)9-3-6-15-7-4-9/h9-11H,2-8H2,1H3. The molecule has 2 aliphatic rings. The molecule has 2 saturated heterocycles. The first-order chi connectivity index (χ1) is 7.59. The average Bonchev–Trinajstić information content (AvgIpc) is 2.71. The van der Waals surface area contributed by atoms with Crippen LogP contribution in [0.5, 0.6) is 0 Å². The van der Waals surface area contributed by atoms with Crippen molar-refractivity contribution in [1.82, 2.24) is 9.62 Å². The van der Waals surface area contributed by atoms with Gasteiger partial charge in [0.05, 0.1) is 6.26 Å². The number of rotatable bonds is 3. The van der Waals surface area contributed by atoms with Crippen molar-refractivity contribution in [2.45, 2.75) is 31.3 Å². The second kappa shape index (κ2) is 5.00. The Hall–Kier alpha value is -0.170. The molecular formula is C10H20N2O3S. The summed E-state index contributed by atoms with van der Waals surface area (Å²) in [5.41, 5.74) is 0. The first kappa shape index (κ1) is 12.3. The molecule has 2 aliphatic heterocycles. The van der Waals surface area contributed by atoms with Crippen molar-refractivity contribution in [3.63, 3.8) is 0 Å². The monoisotopic (exact) mass is 248 g/mol. The first-order valence-electron chi connectivity index (χ1n) is 5.86. The third kappa shape index (κ3) is 2.74. The fraction of sp³-hybridized carbons (Fsp3) is 1.00. The van der Waals surface area contributed by atoms with Crippen LogP contribution in [0.15, 0.2) is 0 Å². The van der Waals surface area contributed by atoms with Crippen LogP contribution in [0.25, 0.3) is 0 Å². The van der Waals surface area contributed by atoms with Gasteiger partial charge >= 0.3 is 0 Å². The Kier molecular flexibility index (Phi) is 3.84. The molecule has 1 atom stereocenters. The molecule has 5 nitrogen and oxygen atoms in total. The van der Waals surface area contributed by atoms with Gasteiger partial charge < -0.3 is 10.1 Å². The highest BCUT2D eigenvalue weighted by Crippen LogP contribution is 2.23. The maximum absolute atomic E-state index is 11.9. The van der Waals surface area contributed by atoms with Gasteiger partial charge in [0.1, 0.15) is 0 Å². The molecule has 2 fully saturated rings. The minimum Gasteiger partial charge on any atom is -0.381 e. The molecule has 0 spiro atoms. The molecule has 2 heterocycles. The van der Waals surface area contributed by atoms with E-state index in [1.807, 2.05) is 0 Å². The van der Waals surface area contributed by atoms with Gasteiger partial charge in [-0.15, -0.1) is 0 Å². The van der Waals surface area contributed by atoms with Crippen molar-refractivity contribution in [3.8, 4) is 0 Å². The van der Waals surface area contributed by atoms with Crippen molar-refractivity contribution in [3.05, 3.63) is 0 Å². The van der Waals surface area contributed by atoms with Crippen LogP contribution in [0.4, 0.5) is 0 Å². The van der Waals surface area contributed by atoms with Crippen molar-refractivity contribution >= 4 is 10.0 Å². The Morgan fingerprint density at radius 1 is 1.19 bits per heavy atom. The molecule has 0 radical (unpaired) electrons. The normalized spacial score (nSPS) is 28.8. The molecule has 16 heavy (non-hydrogen) atoms. The van der Waals surface area contributed by atoms with Crippen molar-refractivity contribution in [2.75, 3.05) is 32.6 Å². The zero-order valence-corrected chi connectivity index (χ0v) is 10.5. The maximum Gasteiger partial charge on any atom is 0.211 e. The van der Waals surface area contributed by atoms with Crippen LogP contribution in [-0.2, 0) is 14.8 Å². The van der Waals surface area contributed by atoms with Crippen LogP contribution in [0.3, 0.4) is 0 Å². The summed E-state index contributed by atoms with van der Waals surface area (Å²) >= 11 is 0. The summed E-state index contributed by atoms with van der Waals surface area (Å²) in [4.78, 5) is 0. The highest BCUT2D eigenvalue weighted by molar-refractivity contribution is 7.88. The molecule has 0 aliphatic carbocycles. The number of hydrogen-bond acceptors (Lipinski definition) is 4. The summed E-state index contributed by atoms with van der Waals surface area (Å²) in [6.45, 7) is 3.05. The molecule has 1 N–H and O–H groups in total. The van der Waals surface area contributed by atoms with E-state index in [2.05, 4.69) is 5.32 Å². The molecular weight excluding hydrogens is 228 g/mol. The van der Waals surface area contributed by atoms with Crippen LogP contribution in [0, 0.1) is 0 Å². The Balaban J connectivity index is 2.13. The lowest BCUT2D eigenvalue weighted by Gasteiger charge is -2.36. The first-order valence-corrected chi connectivity index (χ1v) is 7.71. The van der Waals surface area contributed by atoms with E-state index in [1.165, 1.54) is 6.26 Å². The summed E-state index contributed by atoms with van der Waals surface area (Å²) in [6, 6.07) is 0.270. The Labute approximate surface area is 97.2 Å². The topological polar surface area (TPSA) is 58.6 Å². The highest BCUT2D eigenvalue weighted by atomic mass is 32.2. The van der Waals surface area contributed by atoms with Gasteiger partial charge in [-0.1, -0.05) is 0 Å². The fourth-order valence-corrected chi connectivity index (χ4v) is 4.11. The van der Waals surface area contributed by atoms with Gasteiger partial charge in [-0.25, -0.2) is 8.42 Å². The zero-order chi connectivity index (χ0) is 11.6.